The van der Waals surface area contributed by atoms with Crippen molar-refractivity contribution < 1.29 is 4.74 Å². The van der Waals surface area contributed by atoms with Crippen molar-refractivity contribution in [3.8, 4) is 10.4 Å². The molecule has 0 unspecified atom stereocenters. The van der Waals surface area contributed by atoms with Crippen molar-refractivity contribution in [1.82, 2.24) is 4.98 Å². The van der Waals surface area contributed by atoms with E-state index in [1.165, 1.54) is 11.3 Å². The number of anilines is 1. The summed E-state index contributed by atoms with van der Waals surface area (Å²) in [4.78, 5) is 5.22. The molecule has 0 spiro atoms. The van der Waals surface area contributed by atoms with Gasteiger partial charge in [-0.05, 0) is 5.56 Å². The fraction of sp³-hybridized carbons (Fsp3) is 0.0833. The summed E-state index contributed by atoms with van der Waals surface area (Å²) in [6.07, 6.45) is 0. The highest BCUT2D eigenvalue weighted by molar-refractivity contribution is 7.19. The number of aromatic nitrogens is 1. The van der Waals surface area contributed by atoms with Crippen molar-refractivity contribution in [3.05, 3.63) is 42.6 Å². The van der Waals surface area contributed by atoms with Crippen molar-refractivity contribution >= 4 is 22.2 Å². The Morgan fingerprint density at radius 1 is 1.38 bits per heavy atom. The van der Waals surface area contributed by atoms with Crippen LogP contribution in [0.4, 0.5) is 5.13 Å². The smallest absolute Gasteiger partial charge is 0.181 e. The van der Waals surface area contributed by atoms with Crippen LogP contribution in [0.1, 0.15) is 5.69 Å². The van der Waals surface area contributed by atoms with E-state index in [1.807, 2.05) is 30.3 Å². The van der Waals surface area contributed by atoms with E-state index in [1.54, 1.807) is 7.11 Å². The summed E-state index contributed by atoms with van der Waals surface area (Å²) >= 11 is 1.44. The summed E-state index contributed by atoms with van der Waals surface area (Å²) in [5, 5.41) is 0.520. The van der Waals surface area contributed by atoms with E-state index in [0.717, 1.165) is 16.1 Å². The minimum Gasteiger partial charge on any atom is -0.495 e. The van der Waals surface area contributed by atoms with Crippen LogP contribution >= 0.6 is 11.3 Å². The van der Waals surface area contributed by atoms with Gasteiger partial charge < -0.3 is 10.5 Å². The van der Waals surface area contributed by atoms with Gasteiger partial charge in [0, 0.05) is 0 Å². The van der Waals surface area contributed by atoms with Crippen LogP contribution in [0.3, 0.4) is 0 Å². The molecule has 4 heteroatoms. The lowest BCUT2D eigenvalue weighted by Crippen LogP contribution is -1.89. The number of methoxy groups -OCH3 is 1. The van der Waals surface area contributed by atoms with Crippen LogP contribution in [0.2, 0.25) is 0 Å². The van der Waals surface area contributed by atoms with Crippen molar-refractivity contribution in [1.29, 1.82) is 0 Å². The highest BCUT2D eigenvalue weighted by Gasteiger charge is 2.14. The first-order valence-corrected chi connectivity index (χ1v) is 5.59. The quantitative estimate of drug-likeness (QED) is 0.827. The molecule has 0 aliphatic carbocycles. The molecular formula is C12H12N2OS. The first-order chi connectivity index (χ1) is 7.72. The largest absolute Gasteiger partial charge is 0.495 e. The molecule has 0 bridgehead atoms. The first-order valence-electron chi connectivity index (χ1n) is 4.77. The third-order valence-electron chi connectivity index (χ3n) is 2.19. The van der Waals surface area contributed by atoms with Crippen LogP contribution in [0.15, 0.2) is 36.9 Å². The maximum atomic E-state index is 5.72. The Kier molecular flexibility index (Phi) is 2.92. The average molecular weight is 232 g/mol. The van der Waals surface area contributed by atoms with Gasteiger partial charge in [-0.1, -0.05) is 48.2 Å². The van der Waals surface area contributed by atoms with Crippen LogP contribution in [-0.4, -0.2) is 12.1 Å². The van der Waals surface area contributed by atoms with Gasteiger partial charge in [-0.3, -0.25) is 0 Å². The lowest BCUT2D eigenvalue weighted by molar-refractivity contribution is 0.370. The minimum atomic E-state index is 0.520. The topological polar surface area (TPSA) is 48.1 Å². The first kappa shape index (κ1) is 10.7. The Labute approximate surface area is 98.2 Å². The van der Waals surface area contributed by atoms with Gasteiger partial charge >= 0.3 is 0 Å². The van der Waals surface area contributed by atoms with E-state index >= 15 is 0 Å². The molecule has 16 heavy (non-hydrogen) atoms. The number of rotatable bonds is 3. The summed E-state index contributed by atoms with van der Waals surface area (Å²) in [7, 11) is 1.58. The second-order valence-corrected chi connectivity index (χ2v) is 4.25. The van der Waals surface area contributed by atoms with Crippen LogP contribution in [0.5, 0.6) is 0 Å². The second kappa shape index (κ2) is 4.37. The molecule has 1 aromatic carbocycles. The van der Waals surface area contributed by atoms with Gasteiger partial charge in [0.1, 0.15) is 11.5 Å². The van der Waals surface area contributed by atoms with E-state index in [0.29, 0.717) is 10.9 Å². The standard InChI is InChI=1S/C12H12N2OS/c1-8(15-2)10-11(16-12(13)14-10)9-6-4-3-5-7-9/h3-7H,1H2,2H3,(H2,13,14). The summed E-state index contributed by atoms with van der Waals surface area (Å²) in [6, 6.07) is 9.95. The number of benzene rings is 1. The molecule has 0 amide bonds. The normalized spacial score (nSPS) is 10.1. The molecule has 1 aromatic heterocycles. The number of nitrogens with zero attached hydrogens (tertiary/aromatic N) is 1. The van der Waals surface area contributed by atoms with Gasteiger partial charge in [0.15, 0.2) is 5.13 Å². The van der Waals surface area contributed by atoms with Gasteiger partial charge in [-0.2, -0.15) is 0 Å². The van der Waals surface area contributed by atoms with E-state index in [2.05, 4.69) is 11.6 Å². The number of hydrogen-bond acceptors (Lipinski definition) is 4. The van der Waals surface area contributed by atoms with Crippen LogP contribution in [-0.2, 0) is 4.74 Å². The number of thiazole rings is 1. The number of nitrogen functional groups attached to an aromatic ring is 1. The highest BCUT2D eigenvalue weighted by atomic mass is 32.1. The molecule has 82 valence electrons. The molecule has 0 atom stereocenters. The van der Waals surface area contributed by atoms with E-state index in [9.17, 15) is 0 Å². The molecule has 0 aliphatic rings. The molecule has 0 aliphatic heterocycles. The zero-order valence-corrected chi connectivity index (χ0v) is 9.75. The van der Waals surface area contributed by atoms with E-state index < -0.39 is 0 Å². The fourth-order valence-corrected chi connectivity index (χ4v) is 2.26. The molecule has 0 fully saturated rings. The third-order valence-corrected chi connectivity index (χ3v) is 3.12. The van der Waals surface area contributed by atoms with Gasteiger partial charge in [0.05, 0.1) is 12.0 Å². The Hall–Kier alpha value is -1.81. The second-order valence-electron chi connectivity index (χ2n) is 3.22. The maximum absolute atomic E-state index is 5.72. The molecule has 2 N–H and O–H groups in total. The van der Waals surface area contributed by atoms with E-state index in [-0.39, 0.29) is 0 Å². The molecule has 2 aromatic rings. The highest BCUT2D eigenvalue weighted by Crippen LogP contribution is 2.34. The van der Waals surface area contributed by atoms with Crippen molar-refractivity contribution in [3.63, 3.8) is 0 Å². The average Bonchev–Trinajstić information content (AvgIpc) is 2.71. The summed E-state index contributed by atoms with van der Waals surface area (Å²) in [5.74, 6) is 0.534. The zero-order chi connectivity index (χ0) is 11.5. The molecule has 0 saturated heterocycles. The number of ether oxygens (including phenoxy) is 1. The Morgan fingerprint density at radius 2 is 2.06 bits per heavy atom. The molecule has 3 nitrogen and oxygen atoms in total. The van der Waals surface area contributed by atoms with Crippen molar-refractivity contribution in [2.45, 2.75) is 0 Å². The molecule has 1 heterocycles. The predicted molar refractivity (Wildman–Crippen MR) is 68.0 cm³/mol. The van der Waals surface area contributed by atoms with Gasteiger partial charge in [0.2, 0.25) is 0 Å². The van der Waals surface area contributed by atoms with Crippen LogP contribution < -0.4 is 5.73 Å². The summed E-state index contributed by atoms with van der Waals surface area (Å²) < 4.78 is 5.11. The fourth-order valence-electron chi connectivity index (χ4n) is 1.41. The minimum absolute atomic E-state index is 0.520. The van der Waals surface area contributed by atoms with Crippen molar-refractivity contribution in [2.75, 3.05) is 12.8 Å². The van der Waals surface area contributed by atoms with Crippen LogP contribution in [0, 0.1) is 0 Å². The molecule has 0 saturated carbocycles. The number of hydrogen-bond donors (Lipinski definition) is 1. The molecule has 0 radical (unpaired) electrons. The van der Waals surface area contributed by atoms with Gasteiger partial charge in [0.25, 0.3) is 0 Å². The third kappa shape index (κ3) is 1.92. The Bertz CT molecular complexity index is 505. The predicted octanol–water partition coefficient (Wildman–Crippen LogP) is 3.01. The molecular weight excluding hydrogens is 220 g/mol. The number of nitrogens with two attached hydrogens (primary N) is 1. The summed E-state index contributed by atoms with van der Waals surface area (Å²) in [5.41, 5.74) is 7.51. The SMILES string of the molecule is C=C(OC)c1nc(N)sc1-c1ccccc1. The lowest BCUT2D eigenvalue weighted by atomic mass is 10.1. The Morgan fingerprint density at radius 3 is 2.69 bits per heavy atom. The molecule has 2 rings (SSSR count). The van der Waals surface area contributed by atoms with Crippen molar-refractivity contribution in [2.24, 2.45) is 0 Å². The van der Waals surface area contributed by atoms with E-state index in [4.69, 9.17) is 10.5 Å². The van der Waals surface area contributed by atoms with Gasteiger partial charge in [-0.15, -0.1) is 0 Å². The monoisotopic (exact) mass is 232 g/mol. The zero-order valence-electron chi connectivity index (χ0n) is 8.93. The lowest BCUT2D eigenvalue weighted by Gasteiger charge is -2.03. The Balaban J connectivity index is 2.53. The summed E-state index contributed by atoms with van der Waals surface area (Å²) in [6.45, 7) is 3.81. The maximum Gasteiger partial charge on any atom is 0.181 e. The van der Waals surface area contributed by atoms with Crippen LogP contribution in [0.25, 0.3) is 16.2 Å². The van der Waals surface area contributed by atoms with Gasteiger partial charge in [-0.25, -0.2) is 4.98 Å².